The van der Waals surface area contributed by atoms with Crippen LogP contribution in [0.1, 0.15) is 17.4 Å². The van der Waals surface area contributed by atoms with Crippen LogP contribution in [0.4, 0.5) is 5.69 Å². The highest BCUT2D eigenvalue weighted by Gasteiger charge is 2.21. The molecule has 1 atom stereocenters. The number of carboxylic acids is 1. The van der Waals surface area contributed by atoms with Crippen LogP contribution in [-0.4, -0.2) is 40.8 Å². The standard InChI is InChI=1S/C10H12N2O6/c1-6(5-17-2)18-9-8(12(15)16)4-3-7(11-9)10(13)14/h3-4,6H,5H2,1-2H3,(H,13,14). The smallest absolute Gasteiger partial charge is 0.354 e. The van der Waals surface area contributed by atoms with E-state index in [9.17, 15) is 14.9 Å². The number of aromatic carboxylic acids is 1. The Kier molecular flexibility index (Phi) is 4.55. The number of hydrogen-bond acceptors (Lipinski definition) is 6. The molecule has 0 fully saturated rings. The summed E-state index contributed by atoms with van der Waals surface area (Å²) in [5.74, 6) is -1.61. The van der Waals surface area contributed by atoms with Gasteiger partial charge in [0.25, 0.3) is 5.88 Å². The summed E-state index contributed by atoms with van der Waals surface area (Å²) in [5, 5.41) is 19.5. The Morgan fingerprint density at radius 1 is 1.61 bits per heavy atom. The molecule has 0 aliphatic heterocycles. The molecule has 0 spiro atoms. The van der Waals surface area contributed by atoms with E-state index < -0.39 is 17.0 Å². The van der Waals surface area contributed by atoms with E-state index in [1.807, 2.05) is 0 Å². The summed E-state index contributed by atoms with van der Waals surface area (Å²) >= 11 is 0. The molecule has 8 nitrogen and oxygen atoms in total. The number of pyridine rings is 1. The number of ether oxygens (including phenoxy) is 2. The van der Waals surface area contributed by atoms with Crippen molar-refractivity contribution in [2.24, 2.45) is 0 Å². The fraction of sp³-hybridized carbons (Fsp3) is 0.400. The largest absolute Gasteiger partial charge is 0.477 e. The molecule has 1 unspecified atom stereocenters. The number of rotatable bonds is 6. The molecule has 1 N–H and O–H groups in total. The SMILES string of the molecule is COCC(C)Oc1nc(C(=O)O)ccc1[N+](=O)[O-]. The summed E-state index contributed by atoms with van der Waals surface area (Å²) in [6.45, 7) is 1.83. The predicted molar refractivity (Wildman–Crippen MR) is 59.8 cm³/mol. The van der Waals surface area contributed by atoms with Crippen LogP contribution >= 0.6 is 0 Å². The van der Waals surface area contributed by atoms with Gasteiger partial charge in [0.1, 0.15) is 6.10 Å². The third-order valence-electron chi connectivity index (χ3n) is 1.97. The number of nitrogens with zero attached hydrogens (tertiary/aromatic N) is 2. The summed E-state index contributed by atoms with van der Waals surface area (Å²) < 4.78 is 10.0. The maximum atomic E-state index is 10.7. The Labute approximate surface area is 102 Å². The van der Waals surface area contributed by atoms with Crippen LogP contribution in [0.2, 0.25) is 0 Å². The van der Waals surface area contributed by atoms with Crippen LogP contribution in [0.25, 0.3) is 0 Å². The van der Waals surface area contributed by atoms with Gasteiger partial charge >= 0.3 is 11.7 Å². The van der Waals surface area contributed by atoms with Crippen molar-refractivity contribution in [2.75, 3.05) is 13.7 Å². The van der Waals surface area contributed by atoms with Gasteiger partial charge in [-0.3, -0.25) is 10.1 Å². The lowest BCUT2D eigenvalue weighted by Crippen LogP contribution is -2.19. The summed E-state index contributed by atoms with van der Waals surface area (Å²) in [7, 11) is 1.45. The number of aromatic nitrogens is 1. The number of carbonyl (C=O) groups is 1. The Balaban J connectivity index is 3.07. The summed E-state index contributed by atoms with van der Waals surface area (Å²) in [5.41, 5.74) is -0.705. The van der Waals surface area contributed by atoms with E-state index in [-0.39, 0.29) is 23.9 Å². The van der Waals surface area contributed by atoms with Crippen LogP contribution in [0.15, 0.2) is 12.1 Å². The van der Waals surface area contributed by atoms with Gasteiger partial charge in [0.15, 0.2) is 5.69 Å². The molecule has 0 radical (unpaired) electrons. The Morgan fingerprint density at radius 2 is 2.28 bits per heavy atom. The predicted octanol–water partition coefficient (Wildman–Crippen LogP) is 1.10. The third kappa shape index (κ3) is 3.39. The van der Waals surface area contributed by atoms with Crippen molar-refractivity contribution in [1.29, 1.82) is 0 Å². The van der Waals surface area contributed by atoms with Crippen molar-refractivity contribution in [2.45, 2.75) is 13.0 Å². The van der Waals surface area contributed by atoms with Gasteiger partial charge in [-0.25, -0.2) is 9.78 Å². The van der Waals surface area contributed by atoms with Gasteiger partial charge in [0, 0.05) is 13.2 Å². The zero-order valence-corrected chi connectivity index (χ0v) is 9.82. The molecule has 1 aromatic heterocycles. The fourth-order valence-electron chi connectivity index (χ4n) is 1.24. The van der Waals surface area contributed by atoms with Gasteiger partial charge in [-0.1, -0.05) is 0 Å². The van der Waals surface area contributed by atoms with Crippen molar-refractivity contribution < 1.29 is 24.3 Å². The lowest BCUT2D eigenvalue weighted by atomic mass is 10.3. The van der Waals surface area contributed by atoms with Crippen molar-refractivity contribution in [3.63, 3.8) is 0 Å². The first kappa shape index (κ1) is 13.8. The van der Waals surface area contributed by atoms with E-state index in [1.54, 1.807) is 6.92 Å². The van der Waals surface area contributed by atoms with Crippen LogP contribution in [0.3, 0.4) is 0 Å². The minimum Gasteiger partial charge on any atom is -0.477 e. The van der Waals surface area contributed by atoms with Gasteiger partial charge in [-0.05, 0) is 13.0 Å². The molecular weight excluding hydrogens is 244 g/mol. The molecule has 0 amide bonds. The monoisotopic (exact) mass is 256 g/mol. The first-order valence-electron chi connectivity index (χ1n) is 5.00. The Hall–Kier alpha value is -2.22. The van der Waals surface area contributed by atoms with Gasteiger partial charge < -0.3 is 14.6 Å². The van der Waals surface area contributed by atoms with Crippen LogP contribution in [0, 0.1) is 10.1 Å². The second-order valence-electron chi connectivity index (χ2n) is 3.47. The number of methoxy groups -OCH3 is 1. The highest BCUT2D eigenvalue weighted by atomic mass is 16.6. The molecule has 0 saturated carbocycles. The minimum absolute atomic E-state index is 0.204. The molecule has 8 heteroatoms. The molecule has 0 aromatic carbocycles. The highest BCUT2D eigenvalue weighted by Crippen LogP contribution is 2.25. The maximum absolute atomic E-state index is 10.7. The van der Waals surface area contributed by atoms with E-state index in [0.717, 1.165) is 12.1 Å². The minimum atomic E-state index is -1.28. The van der Waals surface area contributed by atoms with E-state index in [0.29, 0.717) is 0 Å². The molecule has 1 rings (SSSR count). The Morgan fingerprint density at radius 3 is 2.78 bits per heavy atom. The molecule has 18 heavy (non-hydrogen) atoms. The second kappa shape index (κ2) is 5.92. The summed E-state index contributed by atoms with van der Waals surface area (Å²) in [6.07, 6.45) is -0.481. The zero-order chi connectivity index (χ0) is 13.7. The topological polar surface area (TPSA) is 112 Å². The van der Waals surface area contributed by atoms with Gasteiger partial charge in [0.05, 0.1) is 11.5 Å². The van der Waals surface area contributed by atoms with Crippen molar-refractivity contribution in [3.05, 3.63) is 27.9 Å². The van der Waals surface area contributed by atoms with E-state index >= 15 is 0 Å². The maximum Gasteiger partial charge on any atom is 0.354 e. The zero-order valence-electron chi connectivity index (χ0n) is 9.82. The normalized spacial score (nSPS) is 11.9. The summed E-state index contributed by atoms with van der Waals surface area (Å²) in [4.78, 5) is 24.4. The first-order valence-corrected chi connectivity index (χ1v) is 5.00. The van der Waals surface area contributed by atoms with E-state index in [2.05, 4.69) is 4.98 Å². The molecule has 0 saturated heterocycles. The van der Waals surface area contributed by atoms with E-state index in [1.165, 1.54) is 7.11 Å². The molecule has 0 aliphatic rings. The molecule has 0 bridgehead atoms. The number of hydrogen-bond donors (Lipinski definition) is 1. The quantitative estimate of drug-likeness (QED) is 0.599. The van der Waals surface area contributed by atoms with E-state index in [4.69, 9.17) is 14.6 Å². The fourth-order valence-corrected chi connectivity index (χ4v) is 1.24. The van der Waals surface area contributed by atoms with Gasteiger partial charge in [-0.15, -0.1) is 0 Å². The third-order valence-corrected chi connectivity index (χ3v) is 1.97. The molecule has 1 heterocycles. The lowest BCUT2D eigenvalue weighted by Gasteiger charge is -2.12. The number of carboxylic acid groups (broad SMARTS) is 1. The highest BCUT2D eigenvalue weighted by molar-refractivity contribution is 5.85. The lowest BCUT2D eigenvalue weighted by molar-refractivity contribution is -0.386. The average molecular weight is 256 g/mol. The molecule has 0 aliphatic carbocycles. The van der Waals surface area contributed by atoms with Crippen LogP contribution < -0.4 is 4.74 Å². The van der Waals surface area contributed by atoms with Gasteiger partial charge in [0.2, 0.25) is 0 Å². The van der Waals surface area contributed by atoms with Crippen molar-refractivity contribution in [3.8, 4) is 5.88 Å². The van der Waals surface area contributed by atoms with Crippen LogP contribution in [-0.2, 0) is 4.74 Å². The molecular formula is C10H12N2O6. The van der Waals surface area contributed by atoms with Crippen molar-refractivity contribution in [1.82, 2.24) is 4.98 Å². The summed E-state index contributed by atoms with van der Waals surface area (Å²) in [6, 6.07) is 2.10. The first-order chi connectivity index (χ1) is 8.45. The number of nitro groups is 1. The van der Waals surface area contributed by atoms with Crippen LogP contribution in [0.5, 0.6) is 5.88 Å². The van der Waals surface area contributed by atoms with Crippen molar-refractivity contribution >= 4 is 11.7 Å². The Bertz CT molecular complexity index is 462. The molecule has 98 valence electrons. The second-order valence-corrected chi connectivity index (χ2v) is 3.47. The average Bonchev–Trinajstić information content (AvgIpc) is 2.28. The van der Waals surface area contributed by atoms with Gasteiger partial charge in [-0.2, -0.15) is 0 Å². The molecule has 1 aromatic rings.